The fourth-order valence-corrected chi connectivity index (χ4v) is 1.85. The standard InChI is InChI=1S/C10H14N2O5.C3H6O/c1-5-3-12(10(16)11-9(5)15)8-2-6(14)7(4-13)17-8;1-2-3-4/h3,6-8,13-14H,2,4H2,1H3,(H,11,15,16);2,4H,1,3H2/t6-,7+,8+;/m0./s1. The summed E-state index contributed by atoms with van der Waals surface area (Å²) in [7, 11) is 0. The van der Waals surface area contributed by atoms with Crippen LogP contribution in [-0.4, -0.2) is 50.3 Å². The first-order valence-electron chi connectivity index (χ1n) is 6.42. The first kappa shape index (κ1) is 17.3. The zero-order valence-electron chi connectivity index (χ0n) is 11.7. The van der Waals surface area contributed by atoms with Crippen LogP contribution in [0.2, 0.25) is 0 Å². The molecule has 0 spiro atoms. The number of aliphatic hydroxyl groups is 3. The minimum Gasteiger partial charge on any atom is -0.394 e. The minimum absolute atomic E-state index is 0.0833. The molecule has 1 saturated heterocycles. The molecule has 0 aromatic carbocycles. The lowest BCUT2D eigenvalue weighted by Crippen LogP contribution is -2.33. The lowest BCUT2D eigenvalue weighted by atomic mass is 10.2. The third-order valence-electron chi connectivity index (χ3n) is 2.97. The summed E-state index contributed by atoms with van der Waals surface area (Å²) in [5.41, 5.74) is -0.643. The number of rotatable bonds is 3. The highest BCUT2D eigenvalue weighted by Crippen LogP contribution is 2.27. The van der Waals surface area contributed by atoms with Crippen LogP contribution in [0.1, 0.15) is 18.2 Å². The molecule has 2 heterocycles. The molecular formula is C13H20N2O6. The van der Waals surface area contributed by atoms with Crippen molar-refractivity contribution in [2.75, 3.05) is 13.2 Å². The first-order chi connectivity index (χ1) is 9.94. The summed E-state index contributed by atoms with van der Waals surface area (Å²) >= 11 is 0. The summed E-state index contributed by atoms with van der Waals surface area (Å²) in [5, 5.41) is 26.3. The zero-order valence-corrected chi connectivity index (χ0v) is 11.7. The van der Waals surface area contributed by atoms with Crippen LogP contribution in [0.5, 0.6) is 0 Å². The van der Waals surface area contributed by atoms with Crippen molar-refractivity contribution in [2.24, 2.45) is 0 Å². The van der Waals surface area contributed by atoms with E-state index in [-0.39, 0.29) is 19.6 Å². The molecule has 0 unspecified atom stereocenters. The molecule has 8 heteroatoms. The van der Waals surface area contributed by atoms with E-state index in [1.165, 1.54) is 16.8 Å². The largest absolute Gasteiger partial charge is 0.394 e. The number of aliphatic hydroxyl groups excluding tert-OH is 3. The molecule has 1 aliphatic rings. The van der Waals surface area contributed by atoms with Crippen LogP contribution in [0.15, 0.2) is 28.4 Å². The molecule has 1 aromatic heterocycles. The van der Waals surface area contributed by atoms with Crippen LogP contribution in [0.25, 0.3) is 0 Å². The molecule has 1 aromatic rings. The van der Waals surface area contributed by atoms with E-state index in [0.29, 0.717) is 5.56 Å². The fraction of sp³-hybridized carbons (Fsp3) is 0.538. The molecule has 0 bridgehead atoms. The number of aromatic nitrogens is 2. The second kappa shape index (κ2) is 7.89. The van der Waals surface area contributed by atoms with E-state index in [1.807, 2.05) is 0 Å². The quantitative estimate of drug-likeness (QED) is 0.512. The average molecular weight is 300 g/mol. The van der Waals surface area contributed by atoms with Gasteiger partial charge in [-0.3, -0.25) is 14.3 Å². The number of H-pyrrole nitrogens is 1. The van der Waals surface area contributed by atoms with Crippen molar-refractivity contribution < 1.29 is 20.1 Å². The van der Waals surface area contributed by atoms with E-state index < -0.39 is 29.7 Å². The smallest absolute Gasteiger partial charge is 0.330 e. The molecule has 1 aliphatic heterocycles. The lowest BCUT2D eigenvalue weighted by Gasteiger charge is -2.14. The molecule has 8 nitrogen and oxygen atoms in total. The maximum absolute atomic E-state index is 11.6. The van der Waals surface area contributed by atoms with E-state index >= 15 is 0 Å². The molecule has 0 aliphatic carbocycles. The van der Waals surface area contributed by atoms with E-state index in [2.05, 4.69) is 11.6 Å². The molecule has 21 heavy (non-hydrogen) atoms. The Bertz CT molecular complexity index is 579. The molecule has 3 atom stereocenters. The number of aryl methyl sites for hydroxylation is 1. The van der Waals surface area contributed by atoms with Crippen LogP contribution in [0.4, 0.5) is 0 Å². The Kier molecular flexibility index (Phi) is 6.50. The third-order valence-corrected chi connectivity index (χ3v) is 2.97. The van der Waals surface area contributed by atoms with Crippen molar-refractivity contribution in [3.05, 3.63) is 45.3 Å². The van der Waals surface area contributed by atoms with Gasteiger partial charge >= 0.3 is 5.69 Å². The predicted molar refractivity (Wildman–Crippen MR) is 75.0 cm³/mol. The number of aromatic amines is 1. The van der Waals surface area contributed by atoms with Gasteiger partial charge in [-0.05, 0) is 6.92 Å². The maximum Gasteiger partial charge on any atom is 0.330 e. The van der Waals surface area contributed by atoms with Crippen LogP contribution >= 0.6 is 0 Å². The summed E-state index contributed by atoms with van der Waals surface area (Å²) in [6.07, 6.45) is 0.850. The van der Waals surface area contributed by atoms with Crippen molar-refractivity contribution in [2.45, 2.75) is 31.8 Å². The van der Waals surface area contributed by atoms with Gasteiger partial charge < -0.3 is 20.1 Å². The maximum atomic E-state index is 11.6. The number of hydrogen-bond donors (Lipinski definition) is 4. The Morgan fingerprint density at radius 3 is 2.62 bits per heavy atom. The molecule has 0 radical (unpaired) electrons. The van der Waals surface area contributed by atoms with Gasteiger partial charge in [-0.25, -0.2) is 4.79 Å². The molecule has 1 fully saturated rings. The molecule has 0 amide bonds. The van der Waals surface area contributed by atoms with Gasteiger partial charge in [-0.1, -0.05) is 6.08 Å². The van der Waals surface area contributed by atoms with Gasteiger partial charge in [0.15, 0.2) is 0 Å². The van der Waals surface area contributed by atoms with E-state index in [1.54, 1.807) is 6.92 Å². The van der Waals surface area contributed by atoms with Gasteiger partial charge in [0, 0.05) is 18.2 Å². The number of ether oxygens (including phenoxy) is 1. The number of hydrogen-bond acceptors (Lipinski definition) is 6. The second-order valence-corrected chi connectivity index (χ2v) is 4.56. The summed E-state index contributed by atoms with van der Waals surface area (Å²) < 4.78 is 6.54. The van der Waals surface area contributed by atoms with Gasteiger partial charge in [-0.2, -0.15) is 0 Å². The second-order valence-electron chi connectivity index (χ2n) is 4.56. The number of nitrogens with zero attached hydrogens (tertiary/aromatic N) is 1. The molecular weight excluding hydrogens is 280 g/mol. The van der Waals surface area contributed by atoms with Gasteiger partial charge in [0.05, 0.1) is 19.3 Å². The topological polar surface area (TPSA) is 125 Å². The zero-order chi connectivity index (χ0) is 16.0. The van der Waals surface area contributed by atoms with Crippen molar-refractivity contribution >= 4 is 0 Å². The van der Waals surface area contributed by atoms with Crippen LogP contribution < -0.4 is 11.2 Å². The Morgan fingerprint density at radius 2 is 2.14 bits per heavy atom. The van der Waals surface area contributed by atoms with Crippen molar-refractivity contribution in [1.82, 2.24) is 9.55 Å². The normalized spacial score (nSPS) is 24.3. The van der Waals surface area contributed by atoms with Crippen LogP contribution in [0, 0.1) is 6.92 Å². The van der Waals surface area contributed by atoms with Crippen LogP contribution in [0.3, 0.4) is 0 Å². The van der Waals surface area contributed by atoms with Gasteiger partial charge in [0.1, 0.15) is 12.3 Å². The van der Waals surface area contributed by atoms with Gasteiger partial charge in [0.2, 0.25) is 0 Å². The third kappa shape index (κ3) is 4.36. The van der Waals surface area contributed by atoms with Gasteiger partial charge in [-0.15, -0.1) is 6.58 Å². The minimum atomic E-state index is -0.816. The molecule has 2 rings (SSSR count). The number of nitrogens with one attached hydrogen (secondary N) is 1. The molecule has 118 valence electrons. The SMILES string of the molecule is C=CCO.Cc1cn([C@H]2C[C@H](O)[C@@H](CO)O2)c(=O)[nH]c1=O. The predicted octanol–water partition coefficient (Wildman–Crippen LogP) is -1.35. The Hall–Kier alpha value is -1.74. The van der Waals surface area contributed by atoms with Crippen molar-refractivity contribution in [3.8, 4) is 0 Å². The Morgan fingerprint density at radius 1 is 1.52 bits per heavy atom. The van der Waals surface area contributed by atoms with Crippen molar-refractivity contribution in [1.29, 1.82) is 0 Å². The summed E-state index contributed by atoms with van der Waals surface area (Å²) in [6, 6.07) is 0. The average Bonchev–Trinajstić information content (AvgIpc) is 2.84. The summed E-state index contributed by atoms with van der Waals surface area (Å²) in [5.74, 6) is 0. The van der Waals surface area contributed by atoms with Crippen LogP contribution in [-0.2, 0) is 4.74 Å². The summed E-state index contributed by atoms with van der Waals surface area (Å²) in [4.78, 5) is 24.9. The van der Waals surface area contributed by atoms with E-state index in [4.69, 9.17) is 14.9 Å². The van der Waals surface area contributed by atoms with Crippen molar-refractivity contribution in [3.63, 3.8) is 0 Å². The molecule has 0 saturated carbocycles. The van der Waals surface area contributed by atoms with E-state index in [0.717, 1.165) is 0 Å². The summed E-state index contributed by atoms with van der Waals surface area (Å²) in [6.45, 7) is 4.57. The Labute approximate surface area is 120 Å². The monoisotopic (exact) mass is 300 g/mol. The highest BCUT2D eigenvalue weighted by molar-refractivity contribution is 5.02. The van der Waals surface area contributed by atoms with E-state index in [9.17, 15) is 14.7 Å². The highest BCUT2D eigenvalue weighted by Gasteiger charge is 2.34. The Balaban J connectivity index is 0.000000491. The lowest BCUT2D eigenvalue weighted by molar-refractivity contribution is -0.0459. The molecule has 4 N–H and O–H groups in total. The first-order valence-corrected chi connectivity index (χ1v) is 6.42. The fourth-order valence-electron chi connectivity index (χ4n) is 1.85. The highest BCUT2D eigenvalue weighted by atomic mass is 16.5. The van der Waals surface area contributed by atoms with Gasteiger partial charge in [0.25, 0.3) is 5.56 Å².